The molecule has 1 aromatic carbocycles. The topological polar surface area (TPSA) is 90.5 Å². The van der Waals surface area contributed by atoms with E-state index in [2.05, 4.69) is 15.1 Å². The second-order valence-electron chi connectivity index (χ2n) is 7.53. The van der Waals surface area contributed by atoms with Gasteiger partial charge in [0, 0.05) is 35.8 Å². The third-order valence-electron chi connectivity index (χ3n) is 5.04. The Morgan fingerprint density at radius 3 is 2.48 bits per heavy atom. The molecule has 1 saturated heterocycles. The maximum absolute atomic E-state index is 13.1. The molecule has 1 fully saturated rings. The Bertz CT molecular complexity index is 1030. The third-order valence-corrected chi connectivity index (χ3v) is 5.29. The standard InChI is InChI=1S/C20H22ClF3N6O/c1-11(2)17(27-14-6-4-13(21)5-7-14)18(28-25)29-9-8-15(19(29)31)30-10-16(20(22,23)24)26-12(30)3/h4-7,10-11,15H,8-9,25H2,1-3H3/p+1. The minimum atomic E-state index is -4.58. The van der Waals surface area contributed by atoms with Gasteiger partial charge in [0.05, 0.1) is 0 Å². The number of aryl methyl sites for hydroxylation is 1. The summed E-state index contributed by atoms with van der Waals surface area (Å²) in [5.41, 5.74) is 0.317. The van der Waals surface area contributed by atoms with Crippen LogP contribution in [0.2, 0.25) is 5.02 Å². The molecule has 2 heterocycles. The molecule has 7 nitrogen and oxygen atoms in total. The van der Waals surface area contributed by atoms with Crippen molar-refractivity contribution in [3.05, 3.63) is 47.0 Å². The Balaban J connectivity index is 1.92. The van der Waals surface area contributed by atoms with Crippen molar-refractivity contribution >= 4 is 34.7 Å². The van der Waals surface area contributed by atoms with Crippen LogP contribution in [0.4, 0.5) is 18.9 Å². The first-order chi connectivity index (χ1) is 14.5. The lowest BCUT2D eigenvalue weighted by Gasteiger charge is -2.19. The molecule has 0 spiro atoms. The number of hydrogen-bond acceptors (Lipinski definition) is 4. The van der Waals surface area contributed by atoms with E-state index in [1.165, 1.54) is 16.4 Å². The number of amides is 1. The van der Waals surface area contributed by atoms with Crippen LogP contribution < -0.4 is 10.8 Å². The Hall–Kier alpha value is -2.88. The minimum Gasteiger partial charge on any atom is -0.322 e. The molecule has 11 heteroatoms. The molecular weight excluding hydrogens is 433 g/mol. The number of halogens is 4. The smallest absolute Gasteiger partial charge is 0.322 e. The summed E-state index contributed by atoms with van der Waals surface area (Å²) in [5, 5.41) is 4.42. The number of carbonyl (C=O) groups excluding carboxylic acids is 1. The van der Waals surface area contributed by atoms with Gasteiger partial charge in [-0.05, 0) is 25.5 Å². The van der Waals surface area contributed by atoms with Crippen molar-refractivity contribution in [1.29, 1.82) is 0 Å². The third kappa shape index (κ3) is 4.73. The quantitative estimate of drug-likeness (QED) is 0.321. The summed E-state index contributed by atoms with van der Waals surface area (Å²) in [6.07, 6.45) is -3.40. The highest BCUT2D eigenvalue weighted by Crippen LogP contribution is 2.32. The number of alkyl halides is 3. The van der Waals surface area contributed by atoms with Gasteiger partial charge in [0.1, 0.15) is 11.9 Å². The summed E-state index contributed by atoms with van der Waals surface area (Å²) in [6.45, 7) is 5.53. The Morgan fingerprint density at radius 2 is 1.97 bits per heavy atom. The van der Waals surface area contributed by atoms with Crippen LogP contribution in [0.3, 0.4) is 0 Å². The molecule has 2 aromatic rings. The van der Waals surface area contributed by atoms with Gasteiger partial charge < -0.3 is 10.4 Å². The van der Waals surface area contributed by atoms with Gasteiger partial charge in [-0.15, -0.1) is 0 Å². The summed E-state index contributed by atoms with van der Waals surface area (Å²) >= 11 is 5.93. The number of aromatic nitrogens is 2. The largest absolute Gasteiger partial charge is 0.434 e. The second kappa shape index (κ2) is 8.70. The summed E-state index contributed by atoms with van der Waals surface area (Å²) in [4.78, 5) is 21.3. The average molecular weight is 456 g/mol. The molecule has 0 radical (unpaired) electrons. The first-order valence-corrected chi connectivity index (χ1v) is 10.0. The van der Waals surface area contributed by atoms with Crippen LogP contribution in [-0.4, -0.2) is 38.5 Å². The number of rotatable bonds is 4. The highest BCUT2D eigenvalue weighted by atomic mass is 35.5. The van der Waals surface area contributed by atoms with Crippen molar-refractivity contribution in [2.24, 2.45) is 16.9 Å². The van der Waals surface area contributed by atoms with Crippen molar-refractivity contribution in [3.63, 3.8) is 0 Å². The van der Waals surface area contributed by atoms with Gasteiger partial charge in [-0.25, -0.2) is 9.98 Å². The van der Waals surface area contributed by atoms with Crippen LogP contribution in [-0.2, 0) is 11.0 Å². The van der Waals surface area contributed by atoms with Crippen LogP contribution in [0.1, 0.15) is 37.8 Å². The lowest BCUT2D eigenvalue weighted by atomic mass is 10.1. The fourth-order valence-electron chi connectivity index (χ4n) is 3.50. The number of carbonyl (C=O) groups is 1. The number of hydrazone groups is 1. The normalized spacial score (nSPS) is 18.4. The molecule has 166 valence electrons. The zero-order valence-electron chi connectivity index (χ0n) is 17.2. The number of amidine groups is 1. The zero-order chi connectivity index (χ0) is 22.9. The van der Waals surface area contributed by atoms with E-state index in [1.54, 1.807) is 24.3 Å². The maximum atomic E-state index is 13.1. The SMILES string of the molecule is Cc1nc(C(F)(F)F)cn1C1CCN(C(=NN)C(=[NH+]c2ccc(Cl)cc2)C(C)C)C1=O. The molecule has 31 heavy (non-hydrogen) atoms. The van der Waals surface area contributed by atoms with E-state index in [0.29, 0.717) is 17.2 Å². The second-order valence-corrected chi connectivity index (χ2v) is 7.96. The highest BCUT2D eigenvalue weighted by Gasteiger charge is 2.42. The number of benzene rings is 1. The molecule has 3 N–H and O–H groups in total. The van der Waals surface area contributed by atoms with Crippen LogP contribution in [0.5, 0.6) is 0 Å². The van der Waals surface area contributed by atoms with Crippen molar-refractivity contribution < 1.29 is 23.0 Å². The molecule has 1 aliphatic rings. The fourth-order valence-corrected chi connectivity index (χ4v) is 3.63. The van der Waals surface area contributed by atoms with Gasteiger partial charge in [-0.1, -0.05) is 25.4 Å². The Kier molecular flexibility index (Phi) is 6.40. The summed E-state index contributed by atoms with van der Waals surface area (Å²) < 4.78 is 40.3. The van der Waals surface area contributed by atoms with Crippen molar-refractivity contribution in [1.82, 2.24) is 14.5 Å². The number of likely N-dealkylation sites (tertiary alicyclic amines) is 1. The molecule has 3 rings (SSSR count). The van der Waals surface area contributed by atoms with Crippen molar-refractivity contribution in [2.75, 3.05) is 6.54 Å². The van der Waals surface area contributed by atoms with E-state index in [9.17, 15) is 18.0 Å². The number of nitrogens with one attached hydrogen (secondary N) is 1. The molecule has 1 unspecified atom stereocenters. The van der Waals surface area contributed by atoms with Gasteiger partial charge in [0.15, 0.2) is 5.69 Å². The molecular formula is C20H23ClF3N6O+. The number of nitrogens with two attached hydrogens (primary N) is 1. The molecule has 0 bridgehead atoms. The van der Waals surface area contributed by atoms with E-state index in [-0.39, 0.29) is 24.1 Å². The summed E-state index contributed by atoms with van der Waals surface area (Å²) in [6, 6.07) is 6.18. The van der Waals surface area contributed by atoms with Gasteiger partial charge in [-0.3, -0.25) is 9.69 Å². The Labute approximate surface area is 182 Å². The number of imidazole rings is 1. The summed E-state index contributed by atoms with van der Waals surface area (Å²) in [5.74, 6) is 5.54. The maximum Gasteiger partial charge on any atom is 0.434 e. The van der Waals surface area contributed by atoms with Crippen LogP contribution in [0.25, 0.3) is 0 Å². The van der Waals surface area contributed by atoms with Crippen molar-refractivity contribution in [3.8, 4) is 0 Å². The van der Waals surface area contributed by atoms with Crippen molar-refractivity contribution in [2.45, 2.75) is 39.4 Å². The predicted octanol–water partition coefficient (Wildman–Crippen LogP) is 2.42. The number of hydrogen-bond donors (Lipinski definition) is 2. The van der Waals surface area contributed by atoms with Crippen LogP contribution in [0.15, 0.2) is 35.6 Å². The van der Waals surface area contributed by atoms with E-state index < -0.39 is 23.8 Å². The molecule has 0 aliphatic carbocycles. The lowest BCUT2D eigenvalue weighted by molar-refractivity contribution is -0.354. The van der Waals surface area contributed by atoms with Gasteiger partial charge in [0.2, 0.25) is 17.2 Å². The zero-order valence-corrected chi connectivity index (χ0v) is 18.0. The fraction of sp³-hybridized carbons (Fsp3) is 0.400. The van der Waals surface area contributed by atoms with Gasteiger partial charge in [0.25, 0.3) is 5.91 Å². The molecule has 1 aromatic heterocycles. The van der Waals surface area contributed by atoms with Gasteiger partial charge >= 0.3 is 6.18 Å². The number of nitrogens with zero attached hydrogens (tertiary/aromatic N) is 4. The molecule has 1 atom stereocenters. The first-order valence-electron chi connectivity index (χ1n) is 9.64. The first kappa shape index (κ1) is 22.8. The highest BCUT2D eigenvalue weighted by molar-refractivity contribution is 6.42. The lowest BCUT2D eigenvalue weighted by Crippen LogP contribution is -2.71. The average Bonchev–Trinajstić information content (AvgIpc) is 3.26. The predicted molar refractivity (Wildman–Crippen MR) is 111 cm³/mol. The monoisotopic (exact) mass is 455 g/mol. The van der Waals surface area contributed by atoms with E-state index in [1.807, 2.05) is 13.8 Å². The van der Waals surface area contributed by atoms with Gasteiger partial charge in [-0.2, -0.15) is 18.3 Å². The van der Waals surface area contributed by atoms with E-state index in [4.69, 9.17) is 17.4 Å². The molecule has 1 amide bonds. The molecule has 0 saturated carbocycles. The van der Waals surface area contributed by atoms with Crippen LogP contribution in [0, 0.1) is 12.8 Å². The minimum absolute atomic E-state index is 0.0726. The van der Waals surface area contributed by atoms with E-state index >= 15 is 0 Å². The van der Waals surface area contributed by atoms with Crippen LogP contribution >= 0.6 is 11.6 Å². The Morgan fingerprint density at radius 1 is 1.32 bits per heavy atom. The molecule has 1 aliphatic heterocycles. The summed E-state index contributed by atoms with van der Waals surface area (Å²) in [7, 11) is 0. The van der Waals surface area contributed by atoms with E-state index in [0.717, 1.165) is 11.9 Å².